The molecule has 76 valence electrons. The molecule has 0 fully saturated rings. The molecule has 0 radical (unpaired) electrons. The first-order valence-corrected chi connectivity index (χ1v) is 5.59. The Hall–Kier alpha value is -1.43. The molecule has 0 spiro atoms. The highest BCUT2D eigenvalue weighted by molar-refractivity contribution is 7.90. The molecule has 0 aliphatic heterocycles. The second-order valence-electron chi connectivity index (χ2n) is 2.62. The molecule has 1 heterocycles. The van der Waals surface area contributed by atoms with Crippen molar-refractivity contribution in [2.24, 2.45) is 0 Å². The van der Waals surface area contributed by atoms with E-state index in [-0.39, 0.29) is 10.6 Å². The number of hydrogen-bond acceptors (Lipinski definition) is 5. The Labute approximate surface area is 81.6 Å². The number of esters is 1. The summed E-state index contributed by atoms with van der Waals surface area (Å²) in [6.07, 6.45) is 2.30. The van der Waals surface area contributed by atoms with E-state index in [1.54, 1.807) is 0 Å². The maximum absolute atomic E-state index is 11.2. The van der Waals surface area contributed by atoms with Gasteiger partial charge in [-0.15, -0.1) is 0 Å². The molecule has 1 aromatic rings. The third-order valence-corrected chi connectivity index (χ3v) is 2.56. The molecule has 0 saturated carbocycles. The number of methoxy groups -OCH3 is 1. The molecule has 0 amide bonds. The van der Waals surface area contributed by atoms with Crippen LogP contribution in [0.25, 0.3) is 0 Å². The highest BCUT2D eigenvalue weighted by Crippen LogP contribution is 2.12. The average molecular weight is 215 g/mol. The van der Waals surface area contributed by atoms with Gasteiger partial charge in [0, 0.05) is 12.5 Å². The van der Waals surface area contributed by atoms with Gasteiger partial charge in [0.25, 0.3) is 0 Å². The fourth-order valence-electron chi connectivity index (χ4n) is 0.952. The Bertz CT molecular complexity index is 452. The first kappa shape index (κ1) is 10.6. The third kappa shape index (κ3) is 2.08. The van der Waals surface area contributed by atoms with Crippen LogP contribution >= 0.6 is 0 Å². The summed E-state index contributed by atoms with van der Waals surface area (Å²) in [6.45, 7) is 0. The summed E-state index contributed by atoms with van der Waals surface area (Å²) in [6, 6.07) is 2.83. The lowest BCUT2D eigenvalue weighted by atomic mass is 10.3. The molecule has 5 nitrogen and oxygen atoms in total. The molecule has 0 aliphatic carbocycles. The molecule has 0 bridgehead atoms. The van der Waals surface area contributed by atoms with Crippen molar-refractivity contribution in [1.82, 2.24) is 4.98 Å². The van der Waals surface area contributed by atoms with Crippen LogP contribution in [0.2, 0.25) is 0 Å². The SMILES string of the molecule is COC(=O)c1cccnc1S(C)(=O)=O. The Morgan fingerprint density at radius 3 is 2.64 bits per heavy atom. The second-order valence-corrected chi connectivity index (χ2v) is 4.55. The zero-order valence-electron chi connectivity index (χ0n) is 7.72. The molecule has 0 N–H and O–H groups in total. The molecule has 0 atom stereocenters. The van der Waals surface area contributed by atoms with Gasteiger partial charge in [-0.1, -0.05) is 0 Å². The van der Waals surface area contributed by atoms with Crippen LogP contribution in [0.3, 0.4) is 0 Å². The minimum absolute atomic E-state index is 0.0440. The first-order valence-electron chi connectivity index (χ1n) is 3.70. The highest BCUT2D eigenvalue weighted by Gasteiger charge is 2.19. The molecule has 0 saturated heterocycles. The number of carbonyl (C=O) groups excluding carboxylic acids is 1. The van der Waals surface area contributed by atoms with Crippen molar-refractivity contribution in [3.8, 4) is 0 Å². The summed E-state index contributed by atoms with van der Waals surface area (Å²) in [4.78, 5) is 14.8. The smallest absolute Gasteiger partial charge is 0.340 e. The van der Waals surface area contributed by atoms with E-state index in [2.05, 4.69) is 9.72 Å². The van der Waals surface area contributed by atoms with Crippen molar-refractivity contribution >= 4 is 15.8 Å². The zero-order valence-corrected chi connectivity index (χ0v) is 8.54. The monoisotopic (exact) mass is 215 g/mol. The van der Waals surface area contributed by atoms with Gasteiger partial charge in [-0.3, -0.25) is 0 Å². The molecular formula is C8H9NO4S. The minimum atomic E-state index is -3.50. The Morgan fingerprint density at radius 2 is 2.14 bits per heavy atom. The van der Waals surface area contributed by atoms with Gasteiger partial charge >= 0.3 is 5.97 Å². The van der Waals surface area contributed by atoms with Gasteiger partial charge in [0.15, 0.2) is 14.9 Å². The molecule has 6 heteroatoms. The maximum atomic E-state index is 11.2. The van der Waals surface area contributed by atoms with Crippen molar-refractivity contribution in [1.29, 1.82) is 0 Å². The second kappa shape index (κ2) is 3.75. The summed E-state index contributed by atoms with van der Waals surface area (Å²) in [5.41, 5.74) is -0.0440. The van der Waals surface area contributed by atoms with E-state index in [0.29, 0.717) is 0 Å². The molecule has 1 rings (SSSR count). The Balaban J connectivity index is 3.38. The van der Waals surface area contributed by atoms with Gasteiger partial charge in [0.2, 0.25) is 0 Å². The van der Waals surface area contributed by atoms with E-state index in [0.717, 1.165) is 6.26 Å². The van der Waals surface area contributed by atoms with Crippen LogP contribution in [-0.4, -0.2) is 32.7 Å². The number of ether oxygens (including phenoxy) is 1. The van der Waals surface area contributed by atoms with Gasteiger partial charge in [0.05, 0.1) is 12.7 Å². The van der Waals surface area contributed by atoms with Gasteiger partial charge in [-0.25, -0.2) is 18.2 Å². The van der Waals surface area contributed by atoms with Crippen LogP contribution in [0.15, 0.2) is 23.4 Å². The van der Waals surface area contributed by atoms with E-state index in [4.69, 9.17) is 0 Å². The predicted molar refractivity (Wildman–Crippen MR) is 48.7 cm³/mol. The standard InChI is InChI=1S/C8H9NO4S/c1-13-8(10)6-4-3-5-9-7(6)14(2,11)12/h3-5H,1-2H3. The molecule has 1 aromatic heterocycles. The van der Waals surface area contributed by atoms with E-state index in [1.165, 1.54) is 25.4 Å². The summed E-state index contributed by atoms with van der Waals surface area (Å²) in [5, 5.41) is -0.258. The quantitative estimate of drug-likeness (QED) is 0.662. The van der Waals surface area contributed by atoms with Crippen LogP contribution in [0.5, 0.6) is 0 Å². The lowest BCUT2D eigenvalue weighted by molar-refractivity contribution is 0.0595. The van der Waals surface area contributed by atoms with E-state index in [1.807, 2.05) is 0 Å². The molecule has 14 heavy (non-hydrogen) atoms. The summed E-state index contributed by atoms with van der Waals surface area (Å²) < 4.78 is 26.8. The lowest BCUT2D eigenvalue weighted by Gasteiger charge is -2.03. The third-order valence-electron chi connectivity index (χ3n) is 1.53. The number of sulfone groups is 1. The van der Waals surface area contributed by atoms with Crippen LogP contribution in [-0.2, 0) is 14.6 Å². The van der Waals surface area contributed by atoms with Crippen molar-refractivity contribution < 1.29 is 17.9 Å². The number of hydrogen-bond donors (Lipinski definition) is 0. The highest BCUT2D eigenvalue weighted by atomic mass is 32.2. The van der Waals surface area contributed by atoms with Crippen molar-refractivity contribution in [2.75, 3.05) is 13.4 Å². The van der Waals surface area contributed by atoms with E-state index >= 15 is 0 Å². The minimum Gasteiger partial charge on any atom is -0.465 e. The summed E-state index contributed by atoms with van der Waals surface area (Å²) >= 11 is 0. The summed E-state index contributed by atoms with van der Waals surface area (Å²) in [5.74, 6) is -0.710. The number of carbonyl (C=O) groups is 1. The van der Waals surface area contributed by atoms with E-state index < -0.39 is 15.8 Å². The van der Waals surface area contributed by atoms with Crippen LogP contribution in [0.1, 0.15) is 10.4 Å². The van der Waals surface area contributed by atoms with Crippen LogP contribution in [0, 0.1) is 0 Å². The normalized spacial score (nSPS) is 11.0. The zero-order chi connectivity index (χ0) is 10.8. The predicted octanol–water partition coefficient (Wildman–Crippen LogP) is 0.272. The lowest BCUT2D eigenvalue weighted by Crippen LogP contribution is -2.11. The Kier molecular flexibility index (Phi) is 2.85. The van der Waals surface area contributed by atoms with E-state index in [9.17, 15) is 13.2 Å². The maximum Gasteiger partial charge on any atom is 0.340 e. The van der Waals surface area contributed by atoms with Crippen molar-refractivity contribution in [2.45, 2.75) is 5.03 Å². The van der Waals surface area contributed by atoms with Gasteiger partial charge in [-0.2, -0.15) is 0 Å². The number of rotatable bonds is 2. The molecule has 0 aliphatic rings. The number of pyridine rings is 1. The van der Waals surface area contributed by atoms with Gasteiger partial charge in [0.1, 0.15) is 0 Å². The largest absolute Gasteiger partial charge is 0.465 e. The molecular weight excluding hydrogens is 206 g/mol. The molecule has 0 unspecified atom stereocenters. The fourth-order valence-corrected chi connectivity index (χ4v) is 1.75. The van der Waals surface area contributed by atoms with Crippen LogP contribution in [0.4, 0.5) is 0 Å². The Morgan fingerprint density at radius 1 is 1.50 bits per heavy atom. The van der Waals surface area contributed by atoms with Crippen molar-refractivity contribution in [3.05, 3.63) is 23.9 Å². The fraction of sp³-hybridized carbons (Fsp3) is 0.250. The van der Waals surface area contributed by atoms with Gasteiger partial charge in [-0.05, 0) is 12.1 Å². The van der Waals surface area contributed by atoms with Crippen LogP contribution < -0.4 is 0 Å². The average Bonchev–Trinajstić information content (AvgIpc) is 2.15. The first-order chi connectivity index (χ1) is 6.46. The van der Waals surface area contributed by atoms with Crippen molar-refractivity contribution in [3.63, 3.8) is 0 Å². The summed E-state index contributed by atoms with van der Waals surface area (Å²) in [7, 11) is -2.32. The molecule has 0 aromatic carbocycles. The number of nitrogens with zero attached hydrogens (tertiary/aromatic N) is 1. The topological polar surface area (TPSA) is 73.3 Å². The number of aromatic nitrogens is 1. The van der Waals surface area contributed by atoms with Gasteiger partial charge < -0.3 is 4.74 Å².